The molecule has 4 rings (SSSR count). The van der Waals surface area contributed by atoms with Crippen molar-refractivity contribution in [2.24, 2.45) is 29.6 Å². The third-order valence-corrected chi connectivity index (χ3v) is 9.46. The molecule has 49 heavy (non-hydrogen) atoms. The zero-order chi connectivity index (χ0) is 35.3. The summed E-state index contributed by atoms with van der Waals surface area (Å²) < 4.78 is 6.03. The average Bonchev–Trinajstić information content (AvgIpc) is 3.08. The predicted molar refractivity (Wildman–Crippen MR) is 198 cm³/mol. The maximum Gasteiger partial charge on any atom is 0.338 e. The number of nitrogens with zero attached hydrogens (tertiary/aromatic N) is 3. The van der Waals surface area contributed by atoms with Gasteiger partial charge in [0, 0.05) is 5.56 Å². The number of benzene rings is 3. The Morgan fingerprint density at radius 2 is 1.18 bits per heavy atom. The molecule has 7 nitrogen and oxygen atoms in total. The highest BCUT2D eigenvalue weighted by Crippen LogP contribution is 2.33. The first-order valence-corrected chi connectivity index (χ1v) is 18.1. The minimum absolute atomic E-state index is 0.0261. The normalized spacial score (nSPS) is 13.4. The molecular formula is C42H55N3O4. The van der Waals surface area contributed by atoms with Gasteiger partial charge < -0.3 is 14.9 Å². The molecule has 3 unspecified atom stereocenters. The SMILES string of the molecule is CC(C)CCCC(C)CCC(COC(=O)c1cccc(-c2nc(-c3ccccc3O)nc(-c3ccccc3O)n2)c1)C(C)CCCC(C)C. The van der Waals surface area contributed by atoms with E-state index in [4.69, 9.17) is 4.74 Å². The van der Waals surface area contributed by atoms with Crippen molar-refractivity contribution in [3.05, 3.63) is 78.4 Å². The number of para-hydroxylation sites is 2. The van der Waals surface area contributed by atoms with E-state index in [1.165, 1.54) is 32.1 Å². The van der Waals surface area contributed by atoms with Gasteiger partial charge in [-0.05, 0) is 72.4 Å². The molecule has 0 aliphatic heterocycles. The Morgan fingerprint density at radius 3 is 1.76 bits per heavy atom. The molecule has 1 heterocycles. The lowest BCUT2D eigenvalue weighted by molar-refractivity contribution is 0.0375. The van der Waals surface area contributed by atoms with E-state index in [9.17, 15) is 15.0 Å². The third kappa shape index (κ3) is 11.4. The summed E-state index contributed by atoms with van der Waals surface area (Å²) in [6.07, 6.45) is 9.50. The molecule has 0 aliphatic carbocycles. The van der Waals surface area contributed by atoms with Gasteiger partial charge in [0.15, 0.2) is 17.5 Å². The maximum atomic E-state index is 13.5. The molecule has 3 atom stereocenters. The van der Waals surface area contributed by atoms with Gasteiger partial charge in [-0.1, -0.05) is 123 Å². The van der Waals surface area contributed by atoms with Gasteiger partial charge in [-0.3, -0.25) is 0 Å². The highest BCUT2D eigenvalue weighted by Gasteiger charge is 2.22. The number of hydrogen-bond donors (Lipinski definition) is 2. The Bertz CT molecular complexity index is 1570. The van der Waals surface area contributed by atoms with Crippen LogP contribution >= 0.6 is 0 Å². The van der Waals surface area contributed by atoms with Crippen LogP contribution in [0.15, 0.2) is 72.8 Å². The number of rotatable bonds is 18. The predicted octanol–water partition coefficient (Wildman–Crippen LogP) is 10.8. The summed E-state index contributed by atoms with van der Waals surface area (Å²) >= 11 is 0. The number of aromatic hydroxyl groups is 2. The van der Waals surface area contributed by atoms with Gasteiger partial charge in [0.05, 0.1) is 23.3 Å². The molecule has 2 N–H and O–H groups in total. The average molecular weight is 666 g/mol. The first-order chi connectivity index (χ1) is 23.5. The molecule has 1 aromatic heterocycles. The molecule has 0 spiro atoms. The molecule has 0 radical (unpaired) electrons. The smallest absolute Gasteiger partial charge is 0.338 e. The van der Waals surface area contributed by atoms with E-state index in [2.05, 4.69) is 56.5 Å². The molecular weight excluding hydrogens is 610 g/mol. The van der Waals surface area contributed by atoms with E-state index in [1.807, 2.05) is 6.07 Å². The van der Waals surface area contributed by atoms with Gasteiger partial charge in [-0.25, -0.2) is 19.7 Å². The van der Waals surface area contributed by atoms with Gasteiger partial charge in [0.2, 0.25) is 0 Å². The van der Waals surface area contributed by atoms with Crippen LogP contribution < -0.4 is 0 Å². The molecule has 262 valence electrons. The fourth-order valence-corrected chi connectivity index (χ4v) is 6.26. The minimum atomic E-state index is -0.373. The fraction of sp³-hybridized carbons (Fsp3) is 0.476. The van der Waals surface area contributed by atoms with Gasteiger partial charge in [-0.2, -0.15) is 0 Å². The van der Waals surface area contributed by atoms with E-state index in [0.29, 0.717) is 58.4 Å². The monoisotopic (exact) mass is 665 g/mol. The highest BCUT2D eigenvalue weighted by molar-refractivity contribution is 5.90. The quantitative estimate of drug-likeness (QED) is 0.102. The Kier molecular flexibility index (Phi) is 14.2. The summed E-state index contributed by atoms with van der Waals surface area (Å²) in [4.78, 5) is 27.5. The number of ether oxygens (including phenoxy) is 1. The van der Waals surface area contributed by atoms with Crippen molar-refractivity contribution in [1.29, 1.82) is 0 Å². The molecule has 0 saturated carbocycles. The molecule has 0 aliphatic rings. The zero-order valence-corrected chi connectivity index (χ0v) is 30.2. The van der Waals surface area contributed by atoms with E-state index in [1.54, 1.807) is 66.7 Å². The van der Waals surface area contributed by atoms with Crippen molar-refractivity contribution in [3.63, 3.8) is 0 Å². The maximum absolute atomic E-state index is 13.5. The van der Waals surface area contributed by atoms with E-state index in [-0.39, 0.29) is 29.1 Å². The number of aromatic nitrogens is 3. The molecule has 7 heteroatoms. The van der Waals surface area contributed by atoms with E-state index >= 15 is 0 Å². The van der Waals surface area contributed by atoms with Crippen molar-refractivity contribution in [2.45, 2.75) is 92.9 Å². The number of carbonyl (C=O) groups is 1. The number of phenolic OH excluding ortho intramolecular Hbond substituents is 2. The summed E-state index contributed by atoms with van der Waals surface area (Å²) in [5, 5.41) is 21.2. The largest absolute Gasteiger partial charge is 0.507 e. The molecule has 4 aromatic rings. The Morgan fingerprint density at radius 1 is 0.633 bits per heavy atom. The summed E-state index contributed by atoms with van der Waals surface area (Å²) in [7, 11) is 0. The second-order valence-corrected chi connectivity index (χ2v) is 14.6. The lowest BCUT2D eigenvalue weighted by Gasteiger charge is -2.25. The Hall–Kier alpha value is -4.26. The van der Waals surface area contributed by atoms with E-state index < -0.39 is 0 Å². The van der Waals surface area contributed by atoms with Crippen molar-refractivity contribution in [2.75, 3.05) is 6.61 Å². The third-order valence-electron chi connectivity index (χ3n) is 9.46. The minimum Gasteiger partial charge on any atom is -0.507 e. The number of phenols is 2. The molecule has 0 amide bonds. The van der Waals surface area contributed by atoms with Gasteiger partial charge >= 0.3 is 5.97 Å². The van der Waals surface area contributed by atoms with Gasteiger partial charge in [-0.15, -0.1) is 0 Å². The van der Waals surface area contributed by atoms with Crippen molar-refractivity contribution in [1.82, 2.24) is 15.0 Å². The number of esters is 1. The molecule has 0 fully saturated rings. The Labute approximate surface area is 293 Å². The second kappa shape index (κ2) is 18.5. The van der Waals surface area contributed by atoms with Crippen molar-refractivity contribution >= 4 is 5.97 Å². The first-order valence-electron chi connectivity index (χ1n) is 18.1. The molecule has 3 aromatic carbocycles. The highest BCUT2D eigenvalue weighted by atomic mass is 16.5. The topological polar surface area (TPSA) is 105 Å². The first kappa shape index (κ1) is 37.6. The number of hydrogen-bond acceptors (Lipinski definition) is 7. The lowest BCUT2D eigenvalue weighted by atomic mass is 9.83. The van der Waals surface area contributed by atoms with Gasteiger partial charge in [0.1, 0.15) is 11.5 Å². The summed E-state index contributed by atoms with van der Waals surface area (Å²) in [6, 6.07) is 20.7. The molecule has 0 saturated heterocycles. The fourth-order valence-electron chi connectivity index (χ4n) is 6.26. The molecule has 0 bridgehead atoms. The van der Waals surface area contributed by atoms with Crippen LogP contribution in [-0.2, 0) is 4.74 Å². The van der Waals surface area contributed by atoms with Crippen LogP contribution in [-0.4, -0.2) is 37.7 Å². The standard InChI is InChI=1S/C42H55N3O4/c1-28(2)14-11-16-30(5)24-25-34(31(6)17-12-15-29(3)4)27-49-42(48)33-19-13-18-32(26-33)39-43-40(35-20-7-9-22-37(35)46)45-41(44-39)36-21-8-10-23-38(36)47/h7-10,13,18-23,26,28-31,34,46-47H,11-12,14-17,24-25,27H2,1-6H3. The van der Waals surface area contributed by atoms with Crippen LogP contribution in [0.25, 0.3) is 34.2 Å². The lowest BCUT2D eigenvalue weighted by Crippen LogP contribution is -2.21. The number of carbonyl (C=O) groups excluding carboxylic acids is 1. The van der Waals surface area contributed by atoms with Crippen molar-refractivity contribution < 1.29 is 19.7 Å². The van der Waals surface area contributed by atoms with Crippen LogP contribution in [0.2, 0.25) is 0 Å². The van der Waals surface area contributed by atoms with Crippen LogP contribution in [0.5, 0.6) is 11.5 Å². The van der Waals surface area contributed by atoms with E-state index in [0.717, 1.165) is 25.2 Å². The summed E-state index contributed by atoms with van der Waals surface area (Å²) in [5.41, 5.74) is 1.88. The Balaban J connectivity index is 1.54. The summed E-state index contributed by atoms with van der Waals surface area (Å²) in [5.74, 6) is 3.34. The van der Waals surface area contributed by atoms with Gasteiger partial charge in [0.25, 0.3) is 0 Å². The van der Waals surface area contributed by atoms with Crippen molar-refractivity contribution in [3.8, 4) is 45.7 Å². The second-order valence-electron chi connectivity index (χ2n) is 14.6. The van der Waals surface area contributed by atoms with Crippen LogP contribution in [0, 0.1) is 29.6 Å². The summed E-state index contributed by atoms with van der Waals surface area (Å²) in [6.45, 7) is 14.2. The van der Waals surface area contributed by atoms with Crippen LogP contribution in [0.4, 0.5) is 0 Å². The zero-order valence-electron chi connectivity index (χ0n) is 30.2. The van der Waals surface area contributed by atoms with Crippen LogP contribution in [0.3, 0.4) is 0 Å². The van der Waals surface area contributed by atoms with Crippen LogP contribution in [0.1, 0.15) is 103 Å².